The van der Waals surface area contributed by atoms with Crippen LogP contribution in [0.4, 0.5) is 5.69 Å². The van der Waals surface area contributed by atoms with Crippen molar-refractivity contribution in [1.82, 2.24) is 14.8 Å². The molecule has 0 spiro atoms. The van der Waals surface area contributed by atoms with E-state index in [0.29, 0.717) is 43.0 Å². The van der Waals surface area contributed by atoms with E-state index < -0.39 is 5.91 Å². The molecule has 27 heavy (non-hydrogen) atoms. The molecule has 0 bridgehead atoms. The van der Waals surface area contributed by atoms with E-state index in [-0.39, 0.29) is 11.5 Å². The molecule has 2 aromatic rings. The van der Waals surface area contributed by atoms with E-state index >= 15 is 0 Å². The number of amides is 3. The first-order valence-corrected chi connectivity index (χ1v) is 8.36. The molecule has 1 aromatic heterocycles. The highest BCUT2D eigenvalue weighted by molar-refractivity contribution is 6.05. The molecule has 8 nitrogen and oxygen atoms in total. The predicted octanol–water partition coefficient (Wildman–Crippen LogP) is 1.12. The second-order valence-corrected chi connectivity index (χ2v) is 6.04. The van der Waals surface area contributed by atoms with Gasteiger partial charge in [-0.15, -0.1) is 0 Å². The molecule has 0 radical (unpaired) electrons. The van der Waals surface area contributed by atoms with Gasteiger partial charge >= 0.3 is 0 Å². The minimum absolute atomic E-state index is 0.228. The molecule has 0 atom stereocenters. The highest BCUT2D eigenvalue weighted by Gasteiger charge is 2.22. The van der Waals surface area contributed by atoms with Crippen LogP contribution in [0.2, 0.25) is 0 Å². The number of nitrogens with zero attached hydrogens (tertiary/aromatic N) is 4. The average molecular weight is 363 g/mol. The number of piperazine rings is 1. The maximum Gasteiger partial charge on any atom is 0.257 e. The summed E-state index contributed by atoms with van der Waals surface area (Å²) in [6.07, 6.45) is 3.57. The Labute approximate surface area is 156 Å². The first-order valence-electron chi connectivity index (χ1n) is 8.36. The Morgan fingerprint density at radius 1 is 1.11 bits per heavy atom. The summed E-state index contributed by atoms with van der Waals surface area (Å²) >= 11 is 0. The van der Waals surface area contributed by atoms with Gasteiger partial charge in [-0.25, -0.2) is 0 Å². The Kier molecular flexibility index (Phi) is 5.42. The van der Waals surface area contributed by atoms with Gasteiger partial charge in [-0.1, -0.05) is 6.07 Å². The van der Waals surface area contributed by atoms with Gasteiger partial charge in [-0.05, 0) is 24.3 Å². The van der Waals surface area contributed by atoms with Crippen molar-refractivity contribution in [3.8, 4) is 6.07 Å². The highest BCUT2D eigenvalue weighted by atomic mass is 16.2. The van der Waals surface area contributed by atoms with Crippen molar-refractivity contribution in [2.24, 2.45) is 0 Å². The van der Waals surface area contributed by atoms with Crippen LogP contribution in [0.3, 0.4) is 0 Å². The lowest BCUT2D eigenvalue weighted by molar-refractivity contribution is -0.119. The normalized spacial score (nSPS) is 13.6. The average Bonchev–Trinajstić information content (AvgIpc) is 2.73. The molecule has 1 aliphatic heterocycles. The number of carbonyl (C=O) groups is 3. The molecule has 1 N–H and O–H groups in total. The maximum atomic E-state index is 12.6. The zero-order chi connectivity index (χ0) is 19.2. The third kappa shape index (κ3) is 4.27. The number of nitrogens with one attached hydrogen (secondary N) is 1. The Balaban J connectivity index is 1.71. The van der Waals surface area contributed by atoms with Crippen molar-refractivity contribution < 1.29 is 14.4 Å². The van der Waals surface area contributed by atoms with Crippen molar-refractivity contribution >= 4 is 23.9 Å². The molecule has 0 unspecified atom stereocenters. The standard InChI is InChI=1S/C19H17N5O3/c20-10-14-2-1-3-17(8-14)22-18(26)15-9-16(12-21-11-15)19(27)24-6-4-23(13-25)5-7-24/h1-3,8-9,11-13H,4-7H2,(H,22,26). The van der Waals surface area contributed by atoms with Gasteiger partial charge in [0.15, 0.2) is 0 Å². The zero-order valence-corrected chi connectivity index (χ0v) is 14.5. The summed E-state index contributed by atoms with van der Waals surface area (Å²) in [5.41, 5.74) is 1.48. The van der Waals surface area contributed by atoms with Gasteiger partial charge < -0.3 is 15.1 Å². The number of aromatic nitrogens is 1. The van der Waals surface area contributed by atoms with E-state index in [1.165, 1.54) is 18.5 Å². The predicted molar refractivity (Wildman–Crippen MR) is 96.9 cm³/mol. The van der Waals surface area contributed by atoms with Gasteiger partial charge in [0.05, 0.1) is 22.8 Å². The van der Waals surface area contributed by atoms with Crippen LogP contribution in [-0.2, 0) is 4.79 Å². The van der Waals surface area contributed by atoms with Crippen molar-refractivity contribution in [2.45, 2.75) is 0 Å². The minimum Gasteiger partial charge on any atom is -0.342 e. The fraction of sp³-hybridized carbons (Fsp3) is 0.211. The van der Waals surface area contributed by atoms with Crippen LogP contribution in [0.15, 0.2) is 42.7 Å². The van der Waals surface area contributed by atoms with Gasteiger partial charge in [-0.2, -0.15) is 5.26 Å². The van der Waals surface area contributed by atoms with Crippen molar-refractivity contribution in [3.05, 3.63) is 59.4 Å². The lowest BCUT2D eigenvalue weighted by atomic mass is 10.1. The van der Waals surface area contributed by atoms with Crippen molar-refractivity contribution in [2.75, 3.05) is 31.5 Å². The number of carbonyl (C=O) groups excluding carboxylic acids is 3. The maximum absolute atomic E-state index is 12.6. The number of pyridine rings is 1. The minimum atomic E-state index is -0.419. The molecule has 0 saturated carbocycles. The molecule has 8 heteroatoms. The largest absolute Gasteiger partial charge is 0.342 e. The molecular formula is C19H17N5O3. The first-order chi connectivity index (χ1) is 13.1. The van der Waals surface area contributed by atoms with E-state index in [1.54, 1.807) is 34.1 Å². The molecule has 3 rings (SSSR count). The number of hydrogen-bond donors (Lipinski definition) is 1. The van der Waals surface area contributed by atoms with Crippen LogP contribution < -0.4 is 5.32 Å². The summed E-state index contributed by atoms with van der Waals surface area (Å²) in [5, 5.41) is 11.6. The second kappa shape index (κ2) is 8.10. The summed E-state index contributed by atoms with van der Waals surface area (Å²) in [6, 6.07) is 10.0. The lowest BCUT2D eigenvalue weighted by Gasteiger charge is -2.32. The molecular weight excluding hydrogens is 346 g/mol. The van der Waals surface area contributed by atoms with Crippen LogP contribution in [0.5, 0.6) is 0 Å². The lowest BCUT2D eigenvalue weighted by Crippen LogP contribution is -2.48. The van der Waals surface area contributed by atoms with Crippen LogP contribution in [0.1, 0.15) is 26.3 Å². The van der Waals surface area contributed by atoms with E-state index in [1.807, 2.05) is 6.07 Å². The van der Waals surface area contributed by atoms with Crippen LogP contribution in [0, 0.1) is 11.3 Å². The Hall–Kier alpha value is -3.73. The monoisotopic (exact) mass is 363 g/mol. The summed E-state index contributed by atoms with van der Waals surface area (Å²) in [7, 11) is 0. The molecule has 1 aromatic carbocycles. The number of anilines is 1. The fourth-order valence-corrected chi connectivity index (χ4v) is 2.76. The fourth-order valence-electron chi connectivity index (χ4n) is 2.76. The van der Waals surface area contributed by atoms with E-state index in [4.69, 9.17) is 5.26 Å². The summed E-state index contributed by atoms with van der Waals surface area (Å²) in [6.45, 7) is 1.85. The first kappa shape index (κ1) is 18.1. The Bertz CT molecular complexity index is 914. The third-order valence-corrected chi connectivity index (χ3v) is 4.25. The zero-order valence-electron chi connectivity index (χ0n) is 14.5. The van der Waals surface area contributed by atoms with Crippen LogP contribution >= 0.6 is 0 Å². The van der Waals surface area contributed by atoms with Gasteiger partial charge in [0, 0.05) is 44.3 Å². The van der Waals surface area contributed by atoms with E-state index in [0.717, 1.165) is 6.41 Å². The Morgan fingerprint density at radius 3 is 2.56 bits per heavy atom. The van der Waals surface area contributed by atoms with E-state index in [9.17, 15) is 14.4 Å². The number of hydrogen-bond acceptors (Lipinski definition) is 5. The smallest absolute Gasteiger partial charge is 0.257 e. The van der Waals surface area contributed by atoms with Gasteiger partial charge in [0.2, 0.25) is 6.41 Å². The van der Waals surface area contributed by atoms with E-state index in [2.05, 4.69) is 10.3 Å². The van der Waals surface area contributed by atoms with Crippen molar-refractivity contribution in [1.29, 1.82) is 5.26 Å². The van der Waals surface area contributed by atoms with Gasteiger partial charge in [0.25, 0.3) is 11.8 Å². The molecule has 0 aliphatic carbocycles. The summed E-state index contributed by atoms with van der Waals surface area (Å²) < 4.78 is 0. The summed E-state index contributed by atoms with van der Waals surface area (Å²) in [5.74, 6) is -0.646. The Morgan fingerprint density at radius 2 is 1.85 bits per heavy atom. The molecule has 136 valence electrons. The van der Waals surface area contributed by atoms with Crippen molar-refractivity contribution in [3.63, 3.8) is 0 Å². The SMILES string of the molecule is N#Cc1cccc(NC(=O)c2cncc(C(=O)N3CCN(C=O)CC3)c2)c1. The number of benzene rings is 1. The third-order valence-electron chi connectivity index (χ3n) is 4.25. The van der Waals surface area contributed by atoms with Crippen LogP contribution in [0.25, 0.3) is 0 Å². The highest BCUT2D eigenvalue weighted by Crippen LogP contribution is 2.13. The summed E-state index contributed by atoms with van der Waals surface area (Å²) in [4.78, 5) is 43.1. The topological polar surface area (TPSA) is 106 Å². The second-order valence-electron chi connectivity index (χ2n) is 6.04. The quantitative estimate of drug-likeness (QED) is 0.819. The molecule has 1 fully saturated rings. The van der Waals surface area contributed by atoms with Gasteiger partial charge in [-0.3, -0.25) is 19.4 Å². The molecule has 1 aliphatic rings. The molecule has 3 amide bonds. The van der Waals surface area contributed by atoms with Gasteiger partial charge in [0.1, 0.15) is 0 Å². The molecule has 1 saturated heterocycles. The molecule has 2 heterocycles. The number of nitriles is 1. The van der Waals surface area contributed by atoms with Crippen LogP contribution in [-0.4, -0.2) is 59.2 Å². The number of rotatable bonds is 4.